The average Bonchev–Trinajstić information content (AvgIpc) is 2.18. The van der Waals surface area contributed by atoms with Gasteiger partial charge in [0.25, 0.3) is 0 Å². The molecule has 1 rings (SSSR count). The molecule has 14 heavy (non-hydrogen) atoms. The number of piperidine rings is 1. The van der Waals surface area contributed by atoms with Crippen molar-refractivity contribution in [2.45, 2.75) is 31.7 Å². The van der Waals surface area contributed by atoms with Gasteiger partial charge in [-0.3, -0.25) is 4.79 Å². The number of primary amides is 1. The van der Waals surface area contributed by atoms with Crippen LogP contribution in [0.3, 0.4) is 0 Å². The minimum atomic E-state index is -0.569. The molecule has 1 saturated heterocycles. The van der Waals surface area contributed by atoms with Gasteiger partial charge >= 0.3 is 6.03 Å². The summed E-state index contributed by atoms with van der Waals surface area (Å²) < 4.78 is 0. The fraction of sp³-hybridized carbons (Fsp3) is 0.667. The Morgan fingerprint density at radius 3 is 2.79 bits per heavy atom. The van der Waals surface area contributed by atoms with Gasteiger partial charge in [-0.25, -0.2) is 4.79 Å². The fourth-order valence-electron chi connectivity index (χ4n) is 1.73. The summed E-state index contributed by atoms with van der Waals surface area (Å²) in [5.41, 5.74) is 5.14. The van der Waals surface area contributed by atoms with Crippen LogP contribution in [0.1, 0.15) is 25.7 Å². The normalized spacial score (nSPS) is 21.4. The van der Waals surface area contributed by atoms with Gasteiger partial charge in [0, 0.05) is 6.54 Å². The Labute approximate surface area is 82.5 Å². The molecule has 0 aromatic carbocycles. The number of carbonyl (C=O) groups excluding carboxylic acids is 2. The molecule has 2 N–H and O–H groups in total. The molecule has 0 aliphatic carbocycles. The highest BCUT2D eigenvalue weighted by Gasteiger charge is 2.30. The number of likely N-dealkylation sites (tertiary alicyclic amines) is 1. The number of nitriles is 1. The third kappa shape index (κ3) is 2.22. The number of nitrogens with two attached hydrogens (primary N) is 1. The molecular formula is C9H13N3O2. The maximum atomic E-state index is 11.4. The van der Waals surface area contributed by atoms with E-state index in [2.05, 4.69) is 0 Å². The van der Waals surface area contributed by atoms with Gasteiger partial charge in [-0.2, -0.15) is 5.26 Å². The zero-order valence-corrected chi connectivity index (χ0v) is 7.90. The Morgan fingerprint density at radius 1 is 1.50 bits per heavy atom. The maximum Gasteiger partial charge on any atom is 0.315 e. The van der Waals surface area contributed by atoms with Crippen LogP contribution in [0.25, 0.3) is 0 Å². The van der Waals surface area contributed by atoms with Crippen molar-refractivity contribution in [2.24, 2.45) is 5.73 Å². The maximum absolute atomic E-state index is 11.4. The van der Waals surface area contributed by atoms with E-state index in [-0.39, 0.29) is 12.2 Å². The highest BCUT2D eigenvalue weighted by atomic mass is 16.2. The van der Waals surface area contributed by atoms with Crippen LogP contribution in [-0.2, 0) is 4.79 Å². The molecule has 5 nitrogen and oxygen atoms in total. The van der Waals surface area contributed by atoms with Crippen LogP contribution in [0.2, 0.25) is 0 Å². The van der Waals surface area contributed by atoms with E-state index in [0.717, 1.165) is 12.8 Å². The Balaban J connectivity index is 2.68. The number of ketones is 1. The monoisotopic (exact) mass is 195 g/mol. The van der Waals surface area contributed by atoms with Gasteiger partial charge in [-0.1, -0.05) is 0 Å². The highest BCUT2D eigenvalue weighted by Crippen LogP contribution is 2.18. The van der Waals surface area contributed by atoms with Gasteiger partial charge in [0.2, 0.25) is 0 Å². The molecule has 1 unspecified atom stereocenters. The first-order chi connectivity index (χ1) is 6.66. The SMILES string of the molecule is N#CCC(=O)C1CCCCN1C(N)=O. The Morgan fingerprint density at radius 2 is 2.21 bits per heavy atom. The molecule has 0 radical (unpaired) electrons. The number of hydrogen-bond donors (Lipinski definition) is 1. The Kier molecular flexibility index (Phi) is 3.46. The van der Waals surface area contributed by atoms with E-state index < -0.39 is 12.1 Å². The molecule has 0 bridgehead atoms. The lowest BCUT2D eigenvalue weighted by Crippen LogP contribution is -2.50. The van der Waals surface area contributed by atoms with E-state index in [4.69, 9.17) is 11.0 Å². The summed E-state index contributed by atoms with van der Waals surface area (Å²) in [5, 5.41) is 8.39. The van der Waals surface area contributed by atoms with Crippen molar-refractivity contribution in [3.05, 3.63) is 0 Å². The van der Waals surface area contributed by atoms with E-state index in [1.54, 1.807) is 6.07 Å². The molecule has 5 heteroatoms. The second-order valence-corrected chi connectivity index (χ2v) is 3.34. The molecule has 1 aliphatic heterocycles. The molecule has 1 heterocycles. The number of rotatable bonds is 2. The first kappa shape index (κ1) is 10.5. The largest absolute Gasteiger partial charge is 0.351 e. The summed E-state index contributed by atoms with van der Waals surface area (Å²) in [5.74, 6) is -0.203. The van der Waals surface area contributed by atoms with Crippen molar-refractivity contribution >= 4 is 11.8 Å². The summed E-state index contributed by atoms with van der Waals surface area (Å²) in [6.07, 6.45) is 2.27. The van der Waals surface area contributed by atoms with E-state index in [9.17, 15) is 9.59 Å². The number of Topliss-reactive ketones (excluding diaryl/α,β-unsaturated/α-hetero) is 1. The predicted octanol–water partition coefficient (Wildman–Crippen LogP) is 0.402. The standard InChI is InChI=1S/C9H13N3O2/c10-5-4-8(13)7-3-1-2-6-12(7)9(11)14/h7H,1-4,6H2,(H2,11,14). The number of urea groups is 1. The van der Waals surface area contributed by atoms with Crippen molar-refractivity contribution < 1.29 is 9.59 Å². The van der Waals surface area contributed by atoms with E-state index in [1.807, 2.05) is 0 Å². The zero-order chi connectivity index (χ0) is 10.6. The van der Waals surface area contributed by atoms with Crippen molar-refractivity contribution in [1.29, 1.82) is 5.26 Å². The lowest BCUT2D eigenvalue weighted by Gasteiger charge is -2.32. The van der Waals surface area contributed by atoms with Gasteiger partial charge in [-0.15, -0.1) is 0 Å². The molecule has 0 spiro atoms. The number of carbonyl (C=O) groups is 2. The summed E-state index contributed by atoms with van der Waals surface area (Å²) in [4.78, 5) is 23.8. The van der Waals surface area contributed by atoms with E-state index in [0.29, 0.717) is 13.0 Å². The lowest BCUT2D eigenvalue weighted by atomic mass is 9.97. The van der Waals surface area contributed by atoms with Crippen LogP contribution in [0, 0.1) is 11.3 Å². The van der Waals surface area contributed by atoms with E-state index >= 15 is 0 Å². The molecule has 0 saturated carbocycles. The van der Waals surface area contributed by atoms with Crippen molar-refractivity contribution in [2.75, 3.05) is 6.54 Å². The first-order valence-electron chi connectivity index (χ1n) is 4.62. The highest BCUT2D eigenvalue weighted by molar-refractivity contribution is 5.89. The predicted molar refractivity (Wildman–Crippen MR) is 49.2 cm³/mol. The van der Waals surface area contributed by atoms with Crippen molar-refractivity contribution in [3.8, 4) is 6.07 Å². The molecule has 76 valence electrons. The number of amides is 2. The zero-order valence-electron chi connectivity index (χ0n) is 7.90. The first-order valence-corrected chi connectivity index (χ1v) is 4.62. The molecule has 0 aromatic rings. The summed E-state index contributed by atoms with van der Waals surface area (Å²) >= 11 is 0. The average molecular weight is 195 g/mol. The lowest BCUT2D eigenvalue weighted by molar-refractivity contribution is -0.123. The third-order valence-corrected chi connectivity index (χ3v) is 2.41. The van der Waals surface area contributed by atoms with Crippen LogP contribution >= 0.6 is 0 Å². The van der Waals surface area contributed by atoms with Gasteiger partial charge < -0.3 is 10.6 Å². The summed E-state index contributed by atoms with van der Waals surface area (Å²) in [6, 6.07) is 0.756. The topological polar surface area (TPSA) is 87.2 Å². The third-order valence-electron chi connectivity index (χ3n) is 2.41. The van der Waals surface area contributed by atoms with Crippen LogP contribution in [0.15, 0.2) is 0 Å². The minimum Gasteiger partial charge on any atom is -0.351 e. The van der Waals surface area contributed by atoms with Crippen LogP contribution in [0.5, 0.6) is 0 Å². The number of hydrogen-bond acceptors (Lipinski definition) is 3. The minimum absolute atomic E-state index is 0.144. The van der Waals surface area contributed by atoms with Gasteiger partial charge in [0.15, 0.2) is 5.78 Å². The quantitative estimate of drug-likeness (QED) is 0.691. The Hall–Kier alpha value is -1.57. The van der Waals surface area contributed by atoms with E-state index in [1.165, 1.54) is 4.90 Å². The fourth-order valence-corrected chi connectivity index (χ4v) is 1.73. The van der Waals surface area contributed by atoms with Gasteiger partial charge in [-0.05, 0) is 19.3 Å². The van der Waals surface area contributed by atoms with Crippen LogP contribution < -0.4 is 5.73 Å². The van der Waals surface area contributed by atoms with Crippen molar-refractivity contribution in [1.82, 2.24) is 4.90 Å². The number of nitrogens with zero attached hydrogens (tertiary/aromatic N) is 2. The molecule has 1 aliphatic rings. The molecule has 1 fully saturated rings. The molecule has 2 amide bonds. The van der Waals surface area contributed by atoms with Gasteiger partial charge in [0.05, 0.1) is 18.5 Å². The molecule has 1 atom stereocenters. The Bertz CT molecular complexity index is 282. The van der Waals surface area contributed by atoms with Crippen molar-refractivity contribution in [3.63, 3.8) is 0 Å². The summed E-state index contributed by atoms with van der Waals surface area (Å²) in [6.45, 7) is 0.525. The van der Waals surface area contributed by atoms with Crippen LogP contribution in [0.4, 0.5) is 4.79 Å². The molecule has 0 aromatic heterocycles. The summed E-state index contributed by atoms with van der Waals surface area (Å²) in [7, 11) is 0. The second-order valence-electron chi connectivity index (χ2n) is 3.34. The smallest absolute Gasteiger partial charge is 0.315 e. The molecular weight excluding hydrogens is 182 g/mol. The second kappa shape index (κ2) is 4.61. The van der Waals surface area contributed by atoms with Crippen LogP contribution in [-0.4, -0.2) is 29.3 Å². The van der Waals surface area contributed by atoms with Gasteiger partial charge in [0.1, 0.15) is 0 Å².